The minimum Gasteiger partial charge on any atom is -0.444 e. The van der Waals surface area contributed by atoms with Crippen LogP contribution in [0, 0.1) is 11.3 Å². The second-order valence-electron chi connectivity index (χ2n) is 5.62. The molecule has 2 aromatic carbocycles. The first-order valence-corrected chi connectivity index (χ1v) is 7.66. The number of nitriles is 1. The summed E-state index contributed by atoms with van der Waals surface area (Å²) >= 11 is 0. The van der Waals surface area contributed by atoms with Gasteiger partial charge in [-0.2, -0.15) is 5.26 Å². The van der Waals surface area contributed by atoms with Gasteiger partial charge in [-0.1, -0.05) is 30.3 Å². The molecule has 0 fully saturated rings. The summed E-state index contributed by atoms with van der Waals surface area (Å²) in [5.74, 6) is -1.56. The third kappa shape index (κ3) is 3.12. The van der Waals surface area contributed by atoms with E-state index in [1.54, 1.807) is 6.07 Å². The van der Waals surface area contributed by atoms with E-state index < -0.39 is 23.9 Å². The van der Waals surface area contributed by atoms with Crippen molar-refractivity contribution in [1.82, 2.24) is 4.90 Å². The van der Waals surface area contributed by atoms with Crippen molar-refractivity contribution < 1.29 is 19.1 Å². The molecule has 0 unspecified atom stereocenters. The Morgan fingerprint density at radius 3 is 2.48 bits per heavy atom. The van der Waals surface area contributed by atoms with E-state index >= 15 is 0 Å². The van der Waals surface area contributed by atoms with E-state index in [1.807, 2.05) is 30.3 Å². The van der Waals surface area contributed by atoms with E-state index in [0.29, 0.717) is 0 Å². The highest BCUT2D eigenvalue weighted by Gasteiger charge is 2.36. The van der Waals surface area contributed by atoms with E-state index in [-0.39, 0.29) is 23.2 Å². The molecule has 0 bridgehead atoms. The number of rotatable bonds is 4. The first kappa shape index (κ1) is 16.4. The highest BCUT2D eigenvalue weighted by Crippen LogP contribution is 2.26. The van der Waals surface area contributed by atoms with Gasteiger partial charge < -0.3 is 4.74 Å². The van der Waals surface area contributed by atoms with Crippen LogP contribution in [-0.2, 0) is 11.3 Å². The molecule has 0 saturated heterocycles. The van der Waals surface area contributed by atoms with Gasteiger partial charge in [0.15, 0.2) is 6.10 Å². The van der Waals surface area contributed by atoms with E-state index in [0.717, 1.165) is 10.5 Å². The standard InChI is InChI=1S/C19H14N2O4/c1-12(10-20)25-19(24)14-7-8-15-16(9-14)18(23)21(17(15)22)11-13-5-3-2-4-6-13/h2-9,12H,11H2,1H3/t12-/m0/s1. The Hall–Kier alpha value is -3.46. The molecule has 0 saturated carbocycles. The van der Waals surface area contributed by atoms with Crippen LogP contribution in [0.5, 0.6) is 0 Å². The molecule has 3 rings (SSSR count). The lowest BCUT2D eigenvalue weighted by molar-refractivity contribution is 0.0435. The Morgan fingerprint density at radius 1 is 1.12 bits per heavy atom. The number of nitrogens with zero attached hydrogens (tertiary/aromatic N) is 2. The molecule has 1 aliphatic heterocycles. The van der Waals surface area contributed by atoms with Crippen LogP contribution in [0.2, 0.25) is 0 Å². The summed E-state index contributed by atoms with van der Waals surface area (Å²) in [6, 6.07) is 15.2. The number of carbonyl (C=O) groups excluding carboxylic acids is 3. The van der Waals surface area contributed by atoms with E-state index in [1.165, 1.54) is 25.1 Å². The van der Waals surface area contributed by atoms with Gasteiger partial charge >= 0.3 is 5.97 Å². The third-order valence-corrected chi connectivity index (χ3v) is 3.86. The maximum absolute atomic E-state index is 12.6. The van der Waals surface area contributed by atoms with Crippen molar-refractivity contribution in [2.45, 2.75) is 19.6 Å². The van der Waals surface area contributed by atoms with Crippen LogP contribution in [-0.4, -0.2) is 28.8 Å². The van der Waals surface area contributed by atoms with Crippen LogP contribution in [0.3, 0.4) is 0 Å². The van der Waals surface area contributed by atoms with E-state index in [4.69, 9.17) is 10.00 Å². The molecule has 124 valence electrons. The quantitative estimate of drug-likeness (QED) is 0.633. The minimum atomic E-state index is -0.896. The third-order valence-electron chi connectivity index (χ3n) is 3.86. The predicted octanol–water partition coefficient (Wildman–Crippen LogP) is 2.55. The Morgan fingerprint density at radius 2 is 1.80 bits per heavy atom. The molecule has 2 amide bonds. The average Bonchev–Trinajstić information content (AvgIpc) is 2.87. The lowest BCUT2D eigenvalue weighted by Crippen LogP contribution is -2.29. The summed E-state index contributed by atoms with van der Waals surface area (Å²) < 4.78 is 4.92. The lowest BCUT2D eigenvalue weighted by Gasteiger charge is -2.13. The number of benzene rings is 2. The highest BCUT2D eigenvalue weighted by atomic mass is 16.5. The van der Waals surface area contributed by atoms with Gasteiger partial charge in [-0.25, -0.2) is 4.79 Å². The maximum atomic E-state index is 12.6. The van der Waals surface area contributed by atoms with Crippen LogP contribution in [0.15, 0.2) is 48.5 Å². The van der Waals surface area contributed by atoms with Crippen LogP contribution >= 0.6 is 0 Å². The van der Waals surface area contributed by atoms with Gasteiger partial charge in [-0.3, -0.25) is 14.5 Å². The number of carbonyl (C=O) groups is 3. The molecule has 1 aliphatic rings. The number of hydrogen-bond donors (Lipinski definition) is 0. The summed E-state index contributed by atoms with van der Waals surface area (Å²) in [6.07, 6.45) is -0.896. The normalized spacial score (nSPS) is 14.0. The first-order valence-electron chi connectivity index (χ1n) is 7.66. The van der Waals surface area contributed by atoms with Crippen molar-refractivity contribution in [1.29, 1.82) is 5.26 Å². The summed E-state index contributed by atoms with van der Waals surface area (Å²) in [6.45, 7) is 1.61. The molecule has 0 radical (unpaired) electrons. The second-order valence-corrected chi connectivity index (χ2v) is 5.62. The Kier molecular flexibility index (Phi) is 4.31. The molecule has 0 aliphatic carbocycles. The zero-order chi connectivity index (χ0) is 18.0. The molecule has 0 aromatic heterocycles. The molecule has 0 spiro atoms. The molecule has 0 N–H and O–H groups in total. The fourth-order valence-corrected chi connectivity index (χ4v) is 2.58. The maximum Gasteiger partial charge on any atom is 0.339 e. The van der Waals surface area contributed by atoms with E-state index in [9.17, 15) is 14.4 Å². The van der Waals surface area contributed by atoms with Crippen LogP contribution in [0.25, 0.3) is 0 Å². The molecule has 1 atom stereocenters. The molecule has 2 aromatic rings. The predicted molar refractivity (Wildman–Crippen MR) is 87.6 cm³/mol. The van der Waals surface area contributed by atoms with Crippen molar-refractivity contribution >= 4 is 17.8 Å². The summed E-state index contributed by atoms with van der Waals surface area (Å²) in [5.41, 5.74) is 1.38. The molecular weight excluding hydrogens is 320 g/mol. The van der Waals surface area contributed by atoms with Gasteiger partial charge in [0.25, 0.3) is 11.8 Å². The van der Waals surface area contributed by atoms with Gasteiger partial charge in [0.1, 0.15) is 6.07 Å². The molecule has 6 nitrogen and oxygen atoms in total. The molecule has 6 heteroatoms. The molecular formula is C19H14N2O4. The van der Waals surface area contributed by atoms with Crippen molar-refractivity contribution in [2.75, 3.05) is 0 Å². The fraction of sp³-hybridized carbons (Fsp3) is 0.158. The van der Waals surface area contributed by atoms with Gasteiger partial charge in [-0.15, -0.1) is 0 Å². The topological polar surface area (TPSA) is 87.5 Å². The average molecular weight is 334 g/mol. The van der Waals surface area contributed by atoms with Crippen LogP contribution in [0.1, 0.15) is 43.6 Å². The molecule has 25 heavy (non-hydrogen) atoms. The highest BCUT2D eigenvalue weighted by molar-refractivity contribution is 6.21. The van der Waals surface area contributed by atoms with Crippen LogP contribution in [0.4, 0.5) is 0 Å². The monoisotopic (exact) mass is 334 g/mol. The Balaban J connectivity index is 1.86. The Labute approximate surface area is 144 Å². The SMILES string of the molecule is C[C@@H](C#N)OC(=O)c1ccc2c(c1)C(=O)N(Cc1ccccc1)C2=O. The van der Waals surface area contributed by atoms with Gasteiger partial charge in [-0.05, 0) is 30.7 Å². The number of esters is 1. The van der Waals surface area contributed by atoms with Crippen molar-refractivity contribution in [2.24, 2.45) is 0 Å². The summed E-state index contributed by atoms with van der Waals surface area (Å²) in [4.78, 5) is 38.2. The number of imide groups is 1. The Bertz CT molecular complexity index is 899. The summed E-state index contributed by atoms with van der Waals surface area (Å²) in [7, 11) is 0. The molecule has 1 heterocycles. The number of hydrogen-bond acceptors (Lipinski definition) is 5. The van der Waals surface area contributed by atoms with Crippen molar-refractivity contribution in [3.63, 3.8) is 0 Å². The van der Waals surface area contributed by atoms with Crippen molar-refractivity contribution in [3.05, 3.63) is 70.8 Å². The fourth-order valence-electron chi connectivity index (χ4n) is 2.58. The smallest absolute Gasteiger partial charge is 0.339 e. The van der Waals surface area contributed by atoms with Crippen LogP contribution < -0.4 is 0 Å². The minimum absolute atomic E-state index is 0.128. The van der Waals surface area contributed by atoms with Crippen molar-refractivity contribution in [3.8, 4) is 6.07 Å². The van der Waals surface area contributed by atoms with Gasteiger partial charge in [0.2, 0.25) is 0 Å². The lowest BCUT2D eigenvalue weighted by atomic mass is 10.1. The summed E-state index contributed by atoms with van der Waals surface area (Å²) in [5, 5.41) is 8.70. The number of amides is 2. The zero-order valence-corrected chi connectivity index (χ0v) is 13.4. The second kappa shape index (κ2) is 6.57. The van der Waals surface area contributed by atoms with E-state index in [2.05, 4.69) is 0 Å². The van der Waals surface area contributed by atoms with Gasteiger partial charge in [0, 0.05) is 0 Å². The largest absolute Gasteiger partial charge is 0.444 e. The number of fused-ring (bicyclic) bond motifs is 1. The number of ether oxygens (including phenoxy) is 1. The van der Waals surface area contributed by atoms with Gasteiger partial charge in [0.05, 0.1) is 23.2 Å². The zero-order valence-electron chi connectivity index (χ0n) is 13.4. The first-order chi connectivity index (χ1) is 12.0.